The molecule has 3 rings (SSSR count). The lowest BCUT2D eigenvalue weighted by molar-refractivity contribution is 0.453. The summed E-state index contributed by atoms with van der Waals surface area (Å²) in [6.45, 7) is 8.77. The van der Waals surface area contributed by atoms with Gasteiger partial charge in [0.1, 0.15) is 0 Å². The monoisotopic (exact) mass is 308 g/mol. The number of hydrogen-bond acceptors (Lipinski definition) is 2. The van der Waals surface area contributed by atoms with Gasteiger partial charge in [0.15, 0.2) is 0 Å². The first-order valence-electron chi connectivity index (χ1n) is 8.59. The number of nitrogens with two attached hydrogens (primary N) is 1. The topological polar surface area (TPSA) is 29.3 Å². The summed E-state index contributed by atoms with van der Waals surface area (Å²) >= 11 is 0. The van der Waals surface area contributed by atoms with Crippen LogP contribution >= 0.6 is 0 Å². The van der Waals surface area contributed by atoms with E-state index >= 15 is 0 Å². The maximum Gasteiger partial charge on any atom is 0.0366 e. The fourth-order valence-electron chi connectivity index (χ4n) is 3.48. The molecule has 1 aliphatic rings. The second-order valence-corrected chi connectivity index (χ2v) is 7.81. The molecular formula is C21H28N2. The second kappa shape index (κ2) is 6.37. The second-order valence-electron chi connectivity index (χ2n) is 7.81. The minimum Gasteiger partial charge on any atom is -0.369 e. The lowest BCUT2D eigenvalue weighted by Gasteiger charge is -2.38. The Morgan fingerprint density at radius 2 is 1.57 bits per heavy atom. The fourth-order valence-corrected chi connectivity index (χ4v) is 3.48. The quantitative estimate of drug-likeness (QED) is 0.896. The van der Waals surface area contributed by atoms with Crippen LogP contribution in [0.2, 0.25) is 0 Å². The van der Waals surface area contributed by atoms with E-state index in [1.165, 1.54) is 16.8 Å². The van der Waals surface area contributed by atoms with Crippen molar-refractivity contribution in [3.63, 3.8) is 0 Å². The summed E-state index contributed by atoms with van der Waals surface area (Å²) in [4.78, 5) is 2.43. The largest absolute Gasteiger partial charge is 0.369 e. The third-order valence-corrected chi connectivity index (χ3v) is 4.85. The standard InChI is InChI=1S/C21H28N2/c1-21(2,3)18-11-9-16(10-12-18)17-13-19(22)15-23(14-17)20-7-5-4-6-8-20/h4-12,17,19H,13-15,22H2,1-3H3. The van der Waals surface area contributed by atoms with Crippen LogP contribution in [-0.4, -0.2) is 19.1 Å². The minimum absolute atomic E-state index is 0.206. The molecule has 0 aliphatic carbocycles. The van der Waals surface area contributed by atoms with Gasteiger partial charge in [0.25, 0.3) is 0 Å². The van der Waals surface area contributed by atoms with Crippen molar-refractivity contribution in [3.05, 3.63) is 65.7 Å². The molecule has 2 aromatic rings. The average Bonchev–Trinajstić information content (AvgIpc) is 2.54. The summed E-state index contributed by atoms with van der Waals surface area (Å²) in [7, 11) is 0. The maximum atomic E-state index is 6.35. The van der Waals surface area contributed by atoms with E-state index < -0.39 is 0 Å². The molecule has 0 spiro atoms. The summed E-state index contributed by atoms with van der Waals surface area (Å²) < 4.78 is 0. The first-order chi connectivity index (χ1) is 10.9. The fraction of sp³-hybridized carbons (Fsp3) is 0.429. The van der Waals surface area contributed by atoms with Crippen LogP contribution in [-0.2, 0) is 5.41 Å². The Labute approximate surface area is 140 Å². The van der Waals surface area contributed by atoms with E-state index in [2.05, 4.69) is 80.3 Å². The van der Waals surface area contributed by atoms with Crippen molar-refractivity contribution in [2.75, 3.05) is 18.0 Å². The van der Waals surface area contributed by atoms with Gasteiger partial charge in [-0.25, -0.2) is 0 Å². The summed E-state index contributed by atoms with van der Waals surface area (Å²) in [5.41, 5.74) is 10.6. The smallest absolute Gasteiger partial charge is 0.0366 e. The zero-order chi connectivity index (χ0) is 16.4. The number of rotatable bonds is 2. The number of nitrogens with zero attached hydrogens (tertiary/aromatic N) is 1. The van der Waals surface area contributed by atoms with Gasteiger partial charge < -0.3 is 10.6 Å². The molecule has 2 nitrogen and oxygen atoms in total. The van der Waals surface area contributed by atoms with Crippen molar-refractivity contribution >= 4 is 5.69 Å². The van der Waals surface area contributed by atoms with Gasteiger partial charge in [-0.15, -0.1) is 0 Å². The van der Waals surface area contributed by atoms with Gasteiger partial charge in [0.05, 0.1) is 0 Å². The van der Waals surface area contributed by atoms with E-state index in [9.17, 15) is 0 Å². The highest BCUT2D eigenvalue weighted by molar-refractivity contribution is 5.47. The van der Waals surface area contributed by atoms with E-state index in [1.54, 1.807) is 0 Å². The molecule has 2 heteroatoms. The molecule has 1 heterocycles. The Morgan fingerprint density at radius 1 is 0.913 bits per heavy atom. The predicted octanol–water partition coefficient (Wildman–Crippen LogP) is 4.31. The third-order valence-electron chi connectivity index (χ3n) is 4.85. The lowest BCUT2D eigenvalue weighted by Crippen LogP contribution is -2.46. The van der Waals surface area contributed by atoms with Crippen LogP contribution in [0.15, 0.2) is 54.6 Å². The Balaban J connectivity index is 1.79. The van der Waals surface area contributed by atoms with Gasteiger partial charge in [-0.1, -0.05) is 63.2 Å². The van der Waals surface area contributed by atoms with E-state index in [1.807, 2.05) is 0 Å². The Morgan fingerprint density at radius 3 is 2.17 bits per heavy atom. The number of para-hydroxylation sites is 1. The highest BCUT2D eigenvalue weighted by Gasteiger charge is 2.26. The third kappa shape index (κ3) is 3.76. The van der Waals surface area contributed by atoms with Gasteiger partial charge in [-0.3, -0.25) is 0 Å². The van der Waals surface area contributed by atoms with Crippen molar-refractivity contribution in [2.45, 2.75) is 44.6 Å². The summed E-state index contributed by atoms with van der Waals surface area (Å²) in [6, 6.07) is 20.0. The molecule has 2 aromatic carbocycles. The van der Waals surface area contributed by atoms with E-state index in [0.717, 1.165) is 19.5 Å². The summed E-state index contributed by atoms with van der Waals surface area (Å²) in [5, 5.41) is 0. The normalized spacial score (nSPS) is 22.2. The van der Waals surface area contributed by atoms with Crippen LogP contribution < -0.4 is 10.6 Å². The molecule has 2 unspecified atom stereocenters. The Kier molecular flexibility index (Phi) is 4.45. The lowest BCUT2D eigenvalue weighted by atomic mass is 9.83. The van der Waals surface area contributed by atoms with Crippen LogP contribution in [0.5, 0.6) is 0 Å². The minimum atomic E-state index is 0.206. The van der Waals surface area contributed by atoms with E-state index in [4.69, 9.17) is 5.73 Å². The van der Waals surface area contributed by atoms with Gasteiger partial charge in [0.2, 0.25) is 0 Å². The highest BCUT2D eigenvalue weighted by atomic mass is 15.2. The zero-order valence-corrected chi connectivity index (χ0v) is 14.5. The maximum absolute atomic E-state index is 6.35. The van der Waals surface area contributed by atoms with Crippen molar-refractivity contribution in [3.8, 4) is 0 Å². The zero-order valence-electron chi connectivity index (χ0n) is 14.5. The molecule has 0 saturated carbocycles. The molecule has 2 atom stereocenters. The van der Waals surface area contributed by atoms with E-state index in [0.29, 0.717) is 5.92 Å². The molecule has 0 bridgehead atoms. The SMILES string of the molecule is CC(C)(C)c1ccc(C2CC(N)CN(c3ccccc3)C2)cc1. The number of piperidine rings is 1. The van der Waals surface area contributed by atoms with Crippen molar-refractivity contribution < 1.29 is 0 Å². The summed E-state index contributed by atoms with van der Waals surface area (Å²) in [5.74, 6) is 0.507. The molecule has 23 heavy (non-hydrogen) atoms. The molecule has 1 fully saturated rings. The highest BCUT2D eigenvalue weighted by Crippen LogP contribution is 2.31. The van der Waals surface area contributed by atoms with Gasteiger partial charge in [0, 0.05) is 30.7 Å². The van der Waals surface area contributed by atoms with Crippen LogP contribution in [0.25, 0.3) is 0 Å². The molecule has 0 aromatic heterocycles. The molecule has 0 amide bonds. The van der Waals surface area contributed by atoms with Crippen LogP contribution in [0.3, 0.4) is 0 Å². The van der Waals surface area contributed by atoms with Crippen LogP contribution in [0.1, 0.15) is 44.2 Å². The average molecular weight is 308 g/mol. The Hall–Kier alpha value is -1.80. The molecule has 0 radical (unpaired) electrons. The number of benzene rings is 2. The number of hydrogen-bond donors (Lipinski definition) is 1. The van der Waals surface area contributed by atoms with Crippen molar-refractivity contribution in [1.29, 1.82) is 0 Å². The summed E-state index contributed by atoms with van der Waals surface area (Å²) in [6.07, 6.45) is 1.07. The first-order valence-corrected chi connectivity index (χ1v) is 8.59. The van der Waals surface area contributed by atoms with Gasteiger partial charge >= 0.3 is 0 Å². The van der Waals surface area contributed by atoms with Crippen LogP contribution in [0.4, 0.5) is 5.69 Å². The molecular weight excluding hydrogens is 280 g/mol. The predicted molar refractivity (Wildman–Crippen MR) is 99.1 cm³/mol. The molecule has 1 saturated heterocycles. The molecule has 1 aliphatic heterocycles. The first kappa shape index (κ1) is 16.1. The molecule has 122 valence electrons. The number of anilines is 1. The van der Waals surface area contributed by atoms with E-state index in [-0.39, 0.29) is 11.5 Å². The van der Waals surface area contributed by atoms with Gasteiger partial charge in [-0.05, 0) is 35.1 Å². The van der Waals surface area contributed by atoms with Crippen LogP contribution in [0, 0.1) is 0 Å². The molecule has 2 N–H and O–H groups in total. The Bertz CT molecular complexity index is 625. The van der Waals surface area contributed by atoms with Gasteiger partial charge in [-0.2, -0.15) is 0 Å². The van der Waals surface area contributed by atoms with Crippen molar-refractivity contribution in [1.82, 2.24) is 0 Å². The van der Waals surface area contributed by atoms with Crippen molar-refractivity contribution in [2.24, 2.45) is 5.73 Å².